The lowest BCUT2D eigenvalue weighted by Crippen LogP contribution is -2.56. The van der Waals surface area contributed by atoms with E-state index in [1.54, 1.807) is 6.20 Å². The van der Waals surface area contributed by atoms with E-state index in [1.807, 2.05) is 44.4 Å². The molecule has 7 N–H and O–H groups in total. The fraction of sp³-hybridized carbons (Fsp3) is 0.520. The fourth-order valence-corrected chi connectivity index (χ4v) is 4.27. The fourth-order valence-electron chi connectivity index (χ4n) is 3.79. The van der Waals surface area contributed by atoms with Crippen molar-refractivity contribution in [1.29, 1.82) is 0 Å². The topological polar surface area (TPSA) is 166 Å². The number of carboxylic acid groups (broad SMARTS) is 1. The summed E-state index contributed by atoms with van der Waals surface area (Å²) in [7, 11) is 0. The van der Waals surface area contributed by atoms with Gasteiger partial charge in [-0.1, -0.05) is 32.0 Å². The summed E-state index contributed by atoms with van der Waals surface area (Å²) >= 11 is 1.52. The summed E-state index contributed by atoms with van der Waals surface area (Å²) in [6.45, 7) is 5.37. The van der Waals surface area contributed by atoms with Gasteiger partial charge < -0.3 is 31.8 Å². The van der Waals surface area contributed by atoms with Gasteiger partial charge in [-0.2, -0.15) is 11.8 Å². The van der Waals surface area contributed by atoms with Crippen molar-refractivity contribution in [2.45, 2.75) is 64.2 Å². The Balaban J connectivity index is 2.02. The average molecular weight is 520 g/mol. The number of benzene rings is 1. The molecule has 0 saturated carbocycles. The highest BCUT2D eigenvalue weighted by atomic mass is 32.2. The normalized spacial score (nSPS) is 14.6. The summed E-state index contributed by atoms with van der Waals surface area (Å²) in [5.41, 5.74) is 7.57. The Hall–Kier alpha value is -3.05. The van der Waals surface area contributed by atoms with Crippen LogP contribution in [-0.2, 0) is 25.6 Å². The molecule has 4 unspecified atom stereocenters. The van der Waals surface area contributed by atoms with E-state index < -0.39 is 47.9 Å². The zero-order valence-corrected chi connectivity index (χ0v) is 22.0. The molecule has 11 heteroatoms. The molecule has 0 fully saturated rings. The maximum absolute atomic E-state index is 12.9. The first-order valence-electron chi connectivity index (χ1n) is 12.0. The van der Waals surface area contributed by atoms with Crippen LogP contribution in [0.4, 0.5) is 0 Å². The van der Waals surface area contributed by atoms with Crippen LogP contribution in [0.5, 0.6) is 0 Å². The first kappa shape index (κ1) is 29.2. The van der Waals surface area contributed by atoms with Crippen molar-refractivity contribution in [3.05, 3.63) is 36.0 Å². The van der Waals surface area contributed by atoms with Gasteiger partial charge in [0.1, 0.15) is 18.1 Å². The molecular formula is C25H37N5O5S. The van der Waals surface area contributed by atoms with Gasteiger partial charge in [0.2, 0.25) is 17.7 Å². The first-order valence-corrected chi connectivity index (χ1v) is 13.4. The number of fused-ring (bicyclic) bond motifs is 1. The summed E-state index contributed by atoms with van der Waals surface area (Å²) in [5.74, 6) is -1.94. The monoisotopic (exact) mass is 519 g/mol. The Kier molecular flexibility index (Phi) is 11.3. The third kappa shape index (κ3) is 8.56. The second kappa shape index (κ2) is 13.9. The van der Waals surface area contributed by atoms with E-state index in [1.165, 1.54) is 18.7 Å². The second-order valence-electron chi connectivity index (χ2n) is 9.27. The number of nitrogens with two attached hydrogens (primary N) is 1. The summed E-state index contributed by atoms with van der Waals surface area (Å²) in [4.78, 5) is 53.1. The molecule has 198 valence electrons. The number of aliphatic carboxylic acids is 1. The molecule has 1 heterocycles. The van der Waals surface area contributed by atoms with Crippen LogP contribution in [0.3, 0.4) is 0 Å². The molecule has 0 aliphatic carbocycles. The van der Waals surface area contributed by atoms with Crippen LogP contribution in [0.1, 0.15) is 39.2 Å². The standard InChI is InChI=1S/C25H37N5O5S/c1-14(2)11-18(26)23(32)29-20(9-10-36-4)24(33)28-15(3)22(31)30-21(25(34)35)12-16-13-27-19-8-6-5-7-17(16)19/h5-8,13-15,18,20-21,27H,9-12,26H2,1-4H3,(H,28,33)(H,29,32)(H,30,31)(H,34,35). The quantitative estimate of drug-likeness (QED) is 0.219. The SMILES string of the molecule is CSCCC(NC(=O)C(N)CC(C)C)C(=O)NC(C)C(=O)NC(Cc1c[nH]c2ccccc12)C(=O)O. The van der Waals surface area contributed by atoms with Crippen LogP contribution in [-0.4, -0.2) is 70.0 Å². The Labute approximate surface area is 215 Å². The molecule has 0 saturated heterocycles. The minimum Gasteiger partial charge on any atom is -0.480 e. The Morgan fingerprint density at radius 2 is 1.67 bits per heavy atom. The minimum atomic E-state index is -1.18. The lowest BCUT2D eigenvalue weighted by Gasteiger charge is -2.24. The number of hydrogen-bond acceptors (Lipinski definition) is 6. The van der Waals surface area contributed by atoms with Crippen LogP contribution < -0.4 is 21.7 Å². The molecule has 0 aliphatic heterocycles. The molecule has 3 amide bonds. The lowest BCUT2D eigenvalue weighted by molar-refractivity contribution is -0.142. The van der Waals surface area contributed by atoms with E-state index in [2.05, 4.69) is 20.9 Å². The highest BCUT2D eigenvalue weighted by Crippen LogP contribution is 2.19. The zero-order chi connectivity index (χ0) is 26.8. The number of para-hydroxylation sites is 1. The molecule has 4 atom stereocenters. The number of aromatic amines is 1. The van der Waals surface area contributed by atoms with E-state index in [0.29, 0.717) is 18.6 Å². The predicted octanol–water partition coefficient (Wildman–Crippen LogP) is 1.40. The van der Waals surface area contributed by atoms with Gasteiger partial charge in [-0.15, -0.1) is 0 Å². The van der Waals surface area contributed by atoms with Gasteiger partial charge in [-0.3, -0.25) is 14.4 Å². The number of thioether (sulfide) groups is 1. The van der Waals surface area contributed by atoms with E-state index in [0.717, 1.165) is 16.5 Å². The van der Waals surface area contributed by atoms with Crippen molar-refractivity contribution in [1.82, 2.24) is 20.9 Å². The van der Waals surface area contributed by atoms with Gasteiger partial charge in [0.15, 0.2) is 0 Å². The van der Waals surface area contributed by atoms with Crippen molar-refractivity contribution in [3.8, 4) is 0 Å². The Bertz CT molecular complexity index is 1060. The van der Waals surface area contributed by atoms with Crippen LogP contribution >= 0.6 is 11.8 Å². The highest BCUT2D eigenvalue weighted by Gasteiger charge is 2.28. The average Bonchev–Trinajstić information content (AvgIpc) is 3.23. The molecule has 2 aromatic rings. The summed E-state index contributed by atoms with van der Waals surface area (Å²) in [6, 6.07) is 3.69. The minimum absolute atomic E-state index is 0.0753. The van der Waals surface area contributed by atoms with Crippen molar-refractivity contribution in [3.63, 3.8) is 0 Å². The van der Waals surface area contributed by atoms with Crippen molar-refractivity contribution in [2.75, 3.05) is 12.0 Å². The van der Waals surface area contributed by atoms with Crippen LogP contribution in [0.15, 0.2) is 30.5 Å². The van der Waals surface area contributed by atoms with Crippen LogP contribution in [0, 0.1) is 5.92 Å². The van der Waals surface area contributed by atoms with Crippen molar-refractivity contribution >= 4 is 46.4 Å². The number of aromatic nitrogens is 1. The van der Waals surface area contributed by atoms with Gasteiger partial charge in [-0.05, 0) is 49.3 Å². The molecule has 0 radical (unpaired) electrons. The van der Waals surface area contributed by atoms with E-state index in [4.69, 9.17) is 5.73 Å². The molecule has 0 spiro atoms. The molecule has 0 bridgehead atoms. The number of carbonyl (C=O) groups is 4. The number of hydrogen-bond donors (Lipinski definition) is 6. The third-order valence-electron chi connectivity index (χ3n) is 5.77. The highest BCUT2D eigenvalue weighted by molar-refractivity contribution is 7.98. The molecule has 36 heavy (non-hydrogen) atoms. The van der Waals surface area contributed by atoms with Gasteiger partial charge >= 0.3 is 5.97 Å². The molecule has 1 aromatic carbocycles. The van der Waals surface area contributed by atoms with Crippen molar-refractivity contribution < 1.29 is 24.3 Å². The molecule has 1 aromatic heterocycles. The third-order valence-corrected chi connectivity index (χ3v) is 6.42. The zero-order valence-electron chi connectivity index (χ0n) is 21.2. The summed E-state index contributed by atoms with van der Waals surface area (Å²) in [5, 5.41) is 18.3. The van der Waals surface area contributed by atoms with E-state index in [9.17, 15) is 24.3 Å². The number of amides is 3. The number of carbonyl (C=O) groups excluding carboxylic acids is 3. The lowest BCUT2D eigenvalue weighted by atomic mass is 10.0. The number of rotatable bonds is 14. The van der Waals surface area contributed by atoms with Gasteiger partial charge in [0, 0.05) is 23.5 Å². The molecule has 2 rings (SSSR count). The molecule has 10 nitrogen and oxygen atoms in total. The molecular weight excluding hydrogens is 482 g/mol. The summed E-state index contributed by atoms with van der Waals surface area (Å²) in [6.07, 6.45) is 4.53. The summed E-state index contributed by atoms with van der Waals surface area (Å²) < 4.78 is 0. The molecule has 0 aliphatic rings. The first-order chi connectivity index (χ1) is 17.0. The smallest absolute Gasteiger partial charge is 0.326 e. The van der Waals surface area contributed by atoms with Crippen LogP contribution in [0.25, 0.3) is 10.9 Å². The number of H-pyrrole nitrogens is 1. The van der Waals surface area contributed by atoms with Crippen LogP contribution in [0.2, 0.25) is 0 Å². The van der Waals surface area contributed by atoms with Gasteiger partial charge in [0.25, 0.3) is 0 Å². The maximum atomic E-state index is 12.9. The number of carboxylic acids is 1. The predicted molar refractivity (Wildman–Crippen MR) is 142 cm³/mol. The second-order valence-corrected chi connectivity index (χ2v) is 10.3. The Morgan fingerprint density at radius 1 is 1.00 bits per heavy atom. The van der Waals surface area contributed by atoms with Gasteiger partial charge in [0.05, 0.1) is 6.04 Å². The Morgan fingerprint density at radius 3 is 2.31 bits per heavy atom. The van der Waals surface area contributed by atoms with Crippen molar-refractivity contribution in [2.24, 2.45) is 11.7 Å². The van der Waals surface area contributed by atoms with E-state index >= 15 is 0 Å². The number of nitrogens with one attached hydrogen (secondary N) is 4. The van der Waals surface area contributed by atoms with E-state index in [-0.39, 0.29) is 12.3 Å². The van der Waals surface area contributed by atoms with Gasteiger partial charge in [-0.25, -0.2) is 4.79 Å². The maximum Gasteiger partial charge on any atom is 0.326 e. The largest absolute Gasteiger partial charge is 0.480 e.